The number of aliphatic hydroxyl groups is 1. The van der Waals surface area contributed by atoms with Crippen LogP contribution < -0.4 is 0 Å². The summed E-state index contributed by atoms with van der Waals surface area (Å²) in [6.45, 7) is 6.64. The lowest BCUT2D eigenvalue weighted by atomic mass is 9.86. The van der Waals surface area contributed by atoms with Crippen LogP contribution in [0, 0.1) is 0 Å². The second-order valence-electron chi connectivity index (χ2n) is 6.64. The summed E-state index contributed by atoms with van der Waals surface area (Å²) in [5.41, 5.74) is 3.85. The minimum atomic E-state index is -0.341. The Hall–Kier alpha value is -1.12. The van der Waals surface area contributed by atoms with Gasteiger partial charge in [-0.1, -0.05) is 73.1 Å². The van der Waals surface area contributed by atoms with Crippen molar-refractivity contribution >= 4 is 15.9 Å². The Balaban J connectivity index is 1.96. The normalized spacial score (nSPS) is 13.2. The predicted octanol–water partition coefficient (Wildman–Crippen LogP) is 4.89. The zero-order valence-corrected chi connectivity index (χ0v) is 14.5. The molecule has 0 spiro atoms. The van der Waals surface area contributed by atoms with Gasteiger partial charge in [-0.15, -0.1) is 0 Å². The smallest absolute Gasteiger partial charge is 0.0620 e. The Morgan fingerprint density at radius 3 is 1.71 bits per heavy atom. The first-order valence-electron chi connectivity index (χ1n) is 7.36. The molecular weight excluding hydrogens is 324 g/mol. The average Bonchev–Trinajstić information content (AvgIpc) is 2.41. The van der Waals surface area contributed by atoms with Gasteiger partial charge >= 0.3 is 0 Å². The third-order valence-corrected chi connectivity index (χ3v) is 4.20. The van der Waals surface area contributed by atoms with Crippen LogP contribution in [-0.4, -0.2) is 11.2 Å². The highest BCUT2D eigenvalue weighted by molar-refractivity contribution is 9.10. The average molecular weight is 347 g/mol. The summed E-state index contributed by atoms with van der Waals surface area (Å²) in [5.74, 6) is 0. The van der Waals surface area contributed by atoms with Gasteiger partial charge in [0.1, 0.15) is 0 Å². The first-order valence-corrected chi connectivity index (χ1v) is 8.16. The van der Waals surface area contributed by atoms with Crippen LogP contribution in [0.5, 0.6) is 0 Å². The van der Waals surface area contributed by atoms with Crippen molar-refractivity contribution in [2.75, 3.05) is 0 Å². The molecule has 2 rings (SSSR count). The molecule has 0 aliphatic heterocycles. The van der Waals surface area contributed by atoms with Crippen molar-refractivity contribution in [2.24, 2.45) is 0 Å². The Bertz CT molecular complexity index is 564. The van der Waals surface area contributed by atoms with E-state index in [0.717, 1.165) is 10.0 Å². The fourth-order valence-electron chi connectivity index (χ4n) is 2.38. The number of aliphatic hydroxyl groups excluding tert-OH is 1. The molecule has 112 valence electrons. The molecule has 2 aromatic rings. The van der Waals surface area contributed by atoms with E-state index >= 15 is 0 Å². The van der Waals surface area contributed by atoms with Gasteiger partial charge in [0.25, 0.3) is 0 Å². The van der Waals surface area contributed by atoms with Crippen LogP contribution in [0.15, 0.2) is 53.0 Å². The molecule has 1 atom stereocenters. The minimum absolute atomic E-state index is 0.175. The Labute approximate surface area is 136 Å². The van der Waals surface area contributed by atoms with Gasteiger partial charge in [0.15, 0.2) is 0 Å². The Morgan fingerprint density at radius 2 is 1.29 bits per heavy atom. The fraction of sp³-hybridized carbons (Fsp3) is 0.368. The summed E-state index contributed by atoms with van der Waals surface area (Å²) in [6.07, 6.45) is 1.04. The second kappa shape index (κ2) is 6.76. The van der Waals surface area contributed by atoms with Crippen LogP contribution in [-0.2, 0) is 18.3 Å². The lowest BCUT2D eigenvalue weighted by Crippen LogP contribution is -2.15. The highest BCUT2D eigenvalue weighted by Crippen LogP contribution is 2.22. The summed E-state index contributed by atoms with van der Waals surface area (Å²) in [5, 5.41) is 10.2. The van der Waals surface area contributed by atoms with Crippen LogP contribution >= 0.6 is 15.9 Å². The van der Waals surface area contributed by atoms with Crippen LogP contribution in [0.25, 0.3) is 0 Å². The molecular formula is C19H23BrO. The van der Waals surface area contributed by atoms with E-state index in [1.807, 2.05) is 12.1 Å². The molecule has 2 aromatic carbocycles. The van der Waals surface area contributed by atoms with Crippen LogP contribution in [0.3, 0.4) is 0 Å². The van der Waals surface area contributed by atoms with Crippen molar-refractivity contribution in [1.82, 2.24) is 0 Å². The number of benzene rings is 2. The maximum Gasteiger partial charge on any atom is 0.0620 e. The standard InChI is InChI=1S/C19H23BrO/c1-19(2,3)16-8-4-14(5-9-16)12-18(21)13-15-6-10-17(20)11-7-15/h4-11,18,21H,12-13H2,1-3H3. The van der Waals surface area contributed by atoms with E-state index in [0.29, 0.717) is 12.8 Å². The molecule has 0 aromatic heterocycles. The number of rotatable bonds is 4. The maximum absolute atomic E-state index is 10.2. The molecule has 0 heterocycles. The Kier molecular flexibility index (Phi) is 5.23. The van der Waals surface area contributed by atoms with Gasteiger partial charge in [-0.05, 0) is 47.1 Å². The quantitative estimate of drug-likeness (QED) is 0.835. The van der Waals surface area contributed by atoms with Crippen molar-refractivity contribution in [3.05, 3.63) is 69.7 Å². The SMILES string of the molecule is CC(C)(C)c1ccc(CC(O)Cc2ccc(Br)cc2)cc1. The molecule has 0 aliphatic carbocycles. The lowest BCUT2D eigenvalue weighted by Gasteiger charge is -2.19. The molecule has 0 radical (unpaired) electrons. The third-order valence-electron chi connectivity index (χ3n) is 3.68. The van der Waals surface area contributed by atoms with E-state index in [1.165, 1.54) is 11.1 Å². The van der Waals surface area contributed by atoms with Gasteiger partial charge in [0.2, 0.25) is 0 Å². The van der Waals surface area contributed by atoms with Gasteiger partial charge in [0.05, 0.1) is 6.10 Å². The van der Waals surface area contributed by atoms with Gasteiger partial charge in [-0.2, -0.15) is 0 Å². The summed E-state index contributed by atoms with van der Waals surface area (Å²) < 4.78 is 1.07. The molecule has 1 nitrogen and oxygen atoms in total. The third kappa shape index (κ3) is 4.98. The molecule has 1 N–H and O–H groups in total. The molecule has 0 fully saturated rings. The monoisotopic (exact) mass is 346 g/mol. The van der Waals surface area contributed by atoms with E-state index < -0.39 is 0 Å². The molecule has 2 heteroatoms. The highest BCUT2D eigenvalue weighted by atomic mass is 79.9. The molecule has 21 heavy (non-hydrogen) atoms. The lowest BCUT2D eigenvalue weighted by molar-refractivity contribution is 0.175. The summed E-state index contributed by atoms with van der Waals surface area (Å²) in [4.78, 5) is 0. The molecule has 0 saturated heterocycles. The molecule has 0 aliphatic rings. The van der Waals surface area contributed by atoms with E-state index in [9.17, 15) is 5.11 Å². The van der Waals surface area contributed by atoms with Crippen molar-refractivity contribution in [3.63, 3.8) is 0 Å². The summed E-state index contributed by atoms with van der Waals surface area (Å²) in [6, 6.07) is 16.7. The van der Waals surface area contributed by atoms with Crippen molar-refractivity contribution in [2.45, 2.75) is 45.1 Å². The van der Waals surface area contributed by atoms with Crippen LogP contribution in [0.1, 0.15) is 37.5 Å². The first kappa shape index (κ1) is 16.3. The van der Waals surface area contributed by atoms with Gasteiger partial charge < -0.3 is 5.11 Å². The van der Waals surface area contributed by atoms with Crippen molar-refractivity contribution in [3.8, 4) is 0 Å². The summed E-state index contributed by atoms with van der Waals surface area (Å²) in [7, 11) is 0. The van der Waals surface area contributed by atoms with E-state index in [-0.39, 0.29) is 11.5 Å². The second-order valence-corrected chi connectivity index (χ2v) is 7.55. The van der Waals surface area contributed by atoms with E-state index in [4.69, 9.17) is 0 Å². The van der Waals surface area contributed by atoms with Crippen molar-refractivity contribution in [1.29, 1.82) is 0 Å². The molecule has 1 unspecified atom stereocenters. The van der Waals surface area contributed by atoms with E-state index in [1.54, 1.807) is 0 Å². The molecule has 0 saturated carbocycles. The van der Waals surface area contributed by atoms with Gasteiger partial charge in [-0.3, -0.25) is 0 Å². The zero-order chi connectivity index (χ0) is 15.5. The van der Waals surface area contributed by atoms with Crippen LogP contribution in [0.2, 0.25) is 0 Å². The largest absolute Gasteiger partial charge is 0.392 e. The maximum atomic E-state index is 10.2. The number of hydrogen-bond acceptors (Lipinski definition) is 1. The van der Waals surface area contributed by atoms with Crippen LogP contribution in [0.4, 0.5) is 0 Å². The summed E-state index contributed by atoms with van der Waals surface area (Å²) >= 11 is 3.43. The minimum Gasteiger partial charge on any atom is -0.392 e. The van der Waals surface area contributed by atoms with Gasteiger partial charge in [-0.25, -0.2) is 0 Å². The fourth-order valence-corrected chi connectivity index (χ4v) is 2.64. The highest BCUT2D eigenvalue weighted by Gasteiger charge is 2.13. The predicted molar refractivity (Wildman–Crippen MR) is 92.7 cm³/mol. The number of hydrogen-bond donors (Lipinski definition) is 1. The first-order chi connectivity index (χ1) is 9.84. The topological polar surface area (TPSA) is 20.2 Å². The number of halogens is 1. The molecule has 0 bridgehead atoms. The van der Waals surface area contributed by atoms with Gasteiger partial charge in [0, 0.05) is 4.47 Å². The Morgan fingerprint density at radius 1 is 0.857 bits per heavy atom. The zero-order valence-electron chi connectivity index (χ0n) is 12.9. The van der Waals surface area contributed by atoms with Crippen molar-refractivity contribution < 1.29 is 5.11 Å². The molecule has 0 amide bonds. The van der Waals surface area contributed by atoms with E-state index in [2.05, 4.69) is 73.1 Å².